The second-order valence-corrected chi connectivity index (χ2v) is 8.89. The van der Waals surface area contributed by atoms with Crippen molar-refractivity contribution in [1.29, 1.82) is 0 Å². The highest BCUT2D eigenvalue weighted by molar-refractivity contribution is 7.99. The third kappa shape index (κ3) is 6.11. The van der Waals surface area contributed by atoms with E-state index in [2.05, 4.69) is 36.5 Å². The van der Waals surface area contributed by atoms with Gasteiger partial charge in [0.15, 0.2) is 5.78 Å². The summed E-state index contributed by atoms with van der Waals surface area (Å²) in [7, 11) is 0. The molecule has 0 aromatic heterocycles. The van der Waals surface area contributed by atoms with E-state index in [1.54, 1.807) is 0 Å². The molecule has 0 unspecified atom stereocenters. The van der Waals surface area contributed by atoms with Gasteiger partial charge in [0.2, 0.25) is 0 Å². The molecule has 0 fully saturated rings. The van der Waals surface area contributed by atoms with Gasteiger partial charge in [0.05, 0.1) is 12.6 Å². The molecule has 0 saturated carbocycles. The van der Waals surface area contributed by atoms with Crippen LogP contribution in [0.4, 0.5) is 4.79 Å². The van der Waals surface area contributed by atoms with Crippen molar-refractivity contribution in [3.05, 3.63) is 59.7 Å². The average molecular weight is 442 g/mol. The molecule has 1 aliphatic rings. The van der Waals surface area contributed by atoms with Crippen molar-refractivity contribution in [1.82, 2.24) is 5.32 Å². The lowest BCUT2D eigenvalue weighted by molar-refractivity contribution is -0.120. The van der Waals surface area contributed by atoms with Crippen molar-refractivity contribution in [3.8, 4) is 11.1 Å². The van der Waals surface area contributed by atoms with Gasteiger partial charge in [-0.15, -0.1) is 0 Å². The second-order valence-electron chi connectivity index (χ2n) is 7.74. The number of unbranched alkanes of at least 4 members (excludes halogenated alkanes) is 2. The lowest BCUT2D eigenvalue weighted by Gasteiger charge is -2.19. The smallest absolute Gasteiger partial charge is 0.407 e. The average Bonchev–Trinajstić information content (AvgIpc) is 3.11. The van der Waals surface area contributed by atoms with E-state index in [4.69, 9.17) is 9.84 Å². The van der Waals surface area contributed by atoms with Crippen molar-refractivity contribution >= 4 is 23.6 Å². The molecule has 5 nitrogen and oxygen atoms in total. The molecule has 1 amide bonds. The van der Waals surface area contributed by atoms with Crippen LogP contribution < -0.4 is 5.32 Å². The molecule has 2 N–H and O–H groups in total. The lowest BCUT2D eigenvalue weighted by Crippen LogP contribution is -2.43. The lowest BCUT2D eigenvalue weighted by atomic mass is 9.98. The van der Waals surface area contributed by atoms with E-state index < -0.39 is 12.1 Å². The molecule has 0 saturated heterocycles. The van der Waals surface area contributed by atoms with Gasteiger partial charge in [-0.05, 0) is 28.7 Å². The number of hydrogen-bond acceptors (Lipinski definition) is 5. The van der Waals surface area contributed by atoms with Crippen molar-refractivity contribution in [2.24, 2.45) is 0 Å². The summed E-state index contributed by atoms with van der Waals surface area (Å²) in [5.74, 6) is 0.980. The number of Topliss-reactive ketones (excluding diaryl/α,β-unsaturated/α-hetero) is 1. The molecule has 31 heavy (non-hydrogen) atoms. The van der Waals surface area contributed by atoms with Crippen molar-refractivity contribution < 1.29 is 19.4 Å². The molecule has 2 aromatic carbocycles. The molecule has 1 aliphatic carbocycles. The van der Waals surface area contributed by atoms with E-state index >= 15 is 0 Å². The fourth-order valence-electron chi connectivity index (χ4n) is 3.99. The first kappa shape index (κ1) is 23.4. The third-order valence-electron chi connectivity index (χ3n) is 5.57. The first-order valence-corrected chi connectivity index (χ1v) is 12.1. The first-order chi connectivity index (χ1) is 15.2. The Bertz CT molecular complexity index is 840. The maximum atomic E-state index is 12.6. The molecule has 0 radical (unpaired) electrons. The van der Waals surface area contributed by atoms with Crippen molar-refractivity contribution in [2.75, 3.05) is 24.7 Å². The van der Waals surface area contributed by atoms with Crippen molar-refractivity contribution in [2.45, 2.75) is 44.6 Å². The minimum absolute atomic E-state index is 0.0133. The van der Waals surface area contributed by atoms with E-state index in [1.165, 1.54) is 22.9 Å². The number of carbonyl (C=O) groups is 2. The standard InChI is InChI=1S/C25H31NO4S/c1-2-3-4-13-24(28)23(17-31-15-14-27)26-25(29)30-16-22-20-11-7-5-9-18(20)19-10-6-8-12-21(19)22/h5-12,22-23,27H,2-4,13-17H2,1H3,(H,26,29)/t23-/m0/s1. The Morgan fingerprint density at radius 3 is 2.32 bits per heavy atom. The van der Waals surface area contributed by atoms with Gasteiger partial charge in [0.25, 0.3) is 0 Å². The Labute approximate surface area is 188 Å². The predicted molar refractivity (Wildman–Crippen MR) is 126 cm³/mol. The summed E-state index contributed by atoms with van der Waals surface area (Å²) in [6, 6.07) is 15.8. The van der Waals surface area contributed by atoms with Crippen molar-refractivity contribution in [3.63, 3.8) is 0 Å². The van der Waals surface area contributed by atoms with Gasteiger partial charge in [-0.1, -0.05) is 68.3 Å². The van der Waals surface area contributed by atoms with E-state index in [1.807, 2.05) is 24.3 Å². The normalized spacial score (nSPS) is 13.4. The molecular weight excluding hydrogens is 410 g/mol. The van der Waals surface area contributed by atoms with Gasteiger partial charge in [-0.25, -0.2) is 4.79 Å². The molecule has 0 aliphatic heterocycles. The van der Waals surface area contributed by atoms with Crippen LogP contribution in [0.2, 0.25) is 0 Å². The molecule has 1 atom stereocenters. The number of benzene rings is 2. The van der Waals surface area contributed by atoms with Gasteiger partial charge in [0, 0.05) is 23.8 Å². The Balaban J connectivity index is 1.61. The number of amides is 1. The Morgan fingerprint density at radius 2 is 1.71 bits per heavy atom. The maximum Gasteiger partial charge on any atom is 0.407 e. The van der Waals surface area contributed by atoms with Crippen LogP contribution in [0, 0.1) is 0 Å². The van der Waals surface area contributed by atoms with E-state index in [0.717, 1.165) is 30.4 Å². The summed E-state index contributed by atoms with van der Waals surface area (Å²) >= 11 is 1.45. The Kier molecular flexibility index (Phi) is 8.98. The van der Waals surface area contributed by atoms with Crippen LogP contribution in [-0.2, 0) is 9.53 Å². The van der Waals surface area contributed by atoms with Gasteiger partial charge < -0.3 is 15.2 Å². The van der Waals surface area contributed by atoms with Gasteiger partial charge in [-0.3, -0.25) is 4.79 Å². The number of hydrogen-bond donors (Lipinski definition) is 2. The van der Waals surface area contributed by atoms with Crippen LogP contribution in [0.15, 0.2) is 48.5 Å². The summed E-state index contributed by atoms with van der Waals surface area (Å²) in [5, 5.41) is 11.8. The number of aliphatic hydroxyl groups excluding tert-OH is 1. The third-order valence-corrected chi connectivity index (χ3v) is 6.61. The van der Waals surface area contributed by atoms with Crippen LogP contribution in [0.3, 0.4) is 0 Å². The minimum atomic E-state index is -0.593. The van der Waals surface area contributed by atoms with Gasteiger partial charge in [-0.2, -0.15) is 11.8 Å². The number of nitrogens with one attached hydrogen (secondary N) is 1. The van der Waals surface area contributed by atoms with Crippen LogP contribution in [-0.4, -0.2) is 47.7 Å². The molecule has 166 valence electrons. The van der Waals surface area contributed by atoms with Gasteiger partial charge >= 0.3 is 6.09 Å². The van der Waals surface area contributed by atoms with E-state index in [-0.39, 0.29) is 24.9 Å². The zero-order chi connectivity index (χ0) is 22.1. The molecule has 0 spiro atoms. The minimum Gasteiger partial charge on any atom is -0.449 e. The predicted octanol–water partition coefficient (Wildman–Crippen LogP) is 4.77. The summed E-state index contributed by atoms with van der Waals surface area (Å²) in [5.41, 5.74) is 4.66. The summed E-state index contributed by atoms with van der Waals surface area (Å²) < 4.78 is 5.59. The van der Waals surface area contributed by atoms with Gasteiger partial charge in [0.1, 0.15) is 6.61 Å². The Morgan fingerprint density at radius 1 is 1.06 bits per heavy atom. The molecule has 3 rings (SSSR count). The topological polar surface area (TPSA) is 75.6 Å². The number of thioether (sulfide) groups is 1. The fraction of sp³-hybridized carbons (Fsp3) is 0.440. The molecule has 2 aromatic rings. The maximum absolute atomic E-state index is 12.6. The number of carbonyl (C=O) groups excluding carboxylic acids is 2. The van der Waals surface area contributed by atoms with E-state index in [9.17, 15) is 9.59 Å². The molecule has 0 bridgehead atoms. The largest absolute Gasteiger partial charge is 0.449 e. The number of alkyl carbamates (subject to hydrolysis) is 1. The summed E-state index contributed by atoms with van der Waals surface area (Å²) in [6.45, 7) is 2.36. The van der Waals surface area contributed by atoms with Crippen LogP contribution in [0.1, 0.15) is 49.7 Å². The monoisotopic (exact) mass is 441 g/mol. The fourth-order valence-corrected chi connectivity index (χ4v) is 4.79. The number of rotatable bonds is 12. The molecular formula is C25H31NO4S. The summed E-state index contributed by atoms with van der Waals surface area (Å²) in [6.07, 6.45) is 2.73. The number of ketones is 1. The highest BCUT2D eigenvalue weighted by Gasteiger charge is 2.29. The number of aliphatic hydroxyl groups is 1. The second kappa shape index (κ2) is 11.9. The SMILES string of the molecule is CCCCCC(=O)[C@H](CSCCO)NC(=O)OCC1c2ccccc2-c2ccccc21. The Hall–Kier alpha value is -2.31. The van der Waals surface area contributed by atoms with Crippen LogP contribution in [0.5, 0.6) is 0 Å². The highest BCUT2D eigenvalue weighted by atomic mass is 32.2. The highest BCUT2D eigenvalue weighted by Crippen LogP contribution is 2.44. The zero-order valence-electron chi connectivity index (χ0n) is 18.0. The number of fused-ring (bicyclic) bond motifs is 3. The van der Waals surface area contributed by atoms with Crippen LogP contribution >= 0.6 is 11.8 Å². The summed E-state index contributed by atoms with van der Waals surface area (Å²) in [4.78, 5) is 25.1. The number of ether oxygens (including phenoxy) is 1. The molecule has 6 heteroatoms. The first-order valence-electron chi connectivity index (χ1n) is 11.0. The van der Waals surface area contributed by atoms with Crippen LogP contribution in [0.25, 0.3) is 11.1 Å². The molecule has 0 heterocycles. The van der Waals surface area contributed by atoms with E-state index in [0.29, 0.717) is 17.9 Å². The quantitative estimate of drug-likeness (QED) is 0.464. The zero-order valence-corrected chi connectivity index (χ0v) is 18.8.